The van der Waals surface area contributed by atoms with Gasteiger partial charge in [0.1, 0.15) is 11.7 Å². The average Bonchev–Trinajstić information content (AvgIpc) is 2.62. The number of aliphatic hydroxyl groups is 2. The Balaban J connectivity index is 2.26. The van der Waals surface area contributed by atoms with Crippen LogP contribution in [0.1, 0.15) is 33.6 Å². The van der Waals surface area contributed by atoms with Crippen LogP contribution < -0.4 is 0 Å². The standard InChI is InChI=1S/C13H23NO2/c1-9(2)7-10-8-14-6-4-5-11(14)13(3,16)12(10)15/h7,9,11-12,15-16H,4-6,8H2,1-3H3/b10-7+/t11-,12+,13+/m0/s1. The summed E-state index contributed by atoms with van der Waals surface area (Å²) in [6.07, 6.45) is 3.52. The zero-order valence-corrected chi connectivity index (χ0v) is 10.5. The van der Waals surface area contributed by atoms with E-state index < -0.39 is 11.7 Å². The molecule has 0 spiro atoms. The molecule has 2 heterocycles. The molecule has 0 saturated carbocycles. The van der Waals surface area contributed by atoms with Gasteiger partial charge in [0.15, 0.2) is 0 Å². The van der Waals surface area contributed by atoms with Crippen molar-refractivity contribution in [3.63, 3.8) is 0 Å². The van der Waals surface area contributed by atoms with Gasteiger partial charge in [-0.25, -0.2) is 0 Å². The Morgan fingerprint density at radius 2 is 2.19 bits per heavy atom. The van der Waals surface area contributed by atoms with E-state index in [2.05, 4.69) is 24.8 Å². The summed E-state index contributed by atoms with van der Waals surface area (Å²) in [6, 6.07) is 0.131. The van der Waals surface area contributed by atoms with E-state index in [1.54, 1.807) is 6.92 Å². The molecule has 0 radical (unpaired) electrons. The highest BCUT2D eigenvalue weighted by Crippen LogP contribution is 2.37. The van der Waals surface area contributed by atoms with Gasteiger partial charge in [-0.1, -0.05) is 19.9 Å². The van der Waals surface area contributed by atoms with Gasteiger partial charge in [0.2, 0.25) is 0 Å². The number of allylic oxidation sites excluding steroid dienone is 1. The highest BCUT2D eigenvalue weighted by atomic mass is 16.3. The Morgan fingerprint density at radius 3 is 2.81 bits per heavy atom. The number of piperidine rings is 1. The molecule has 0 aromatic rings. The molecule has 0 unspecified atom stereocenters. The van der Waals surface area contributed by atoms with E-state index in [-0.39, 0.29) is 6.04 Å². The van der Waals surface area contributed by atoms with Crippen molar-refractivity contribution in [1.82, 2.24) is 4.90 Å². The number of rotatable bonds is 1. The lowest BCUT2D eigenvalue weighted by Crippen LogP contribution is -2.61. The Kier molecular flexibility index (Phi) is 3.12. The summed E-state index contributed by atoms with van der Waals surface area (Å²) in [7, 11) is 0. The van der Waals surface area contributed by atoms with Crippen molar-refractivity contribution >= 4 is 0 Å². The molecule has 0 aromatic carbocycles. The summed E-state index contributed by atoms with van der Waals surface area (Å²) in [5.41, 5.74) is -0.00620. The van der Waals surface area contributed by atoms with Crippen LogP contribution in [0.5, 0.6) is 0 Å². The molecular formula is C13H23NO2. The second-order valence-electron chi connectivity index (χ2n) is 5.74. The Bertz CT molecular complexity index is 296. The first kappa shape index (κ1) is 12.1. The van der Waals surface area contributed by atoms with Gasteiger partial charge in [-0.05, 0) is 37.8 Å². The van der Waals surface area contributed by atoms with Crippen LogP contribution in [0.2, 0.25) is 0 Å². The molecule has 0 aromatic heterocycles. The van der Waals surface area contributed by atoms with Gasteiger partial charge in [-0.3, -0.25) is 4.90 Å². The molecule has 2 aliphatic rings. The van der Waals surface area contributed by atoms with E-state index in [9.17, 15) is 10.2 Å². The van der Waals surface area contributed by atoms with Gasteiger partial charge in [0.05, 0.1) is 0 Å². The van der Waals surface area contributed by atoms with Crippen LogP contribution >= 0.6 is 0 Å². The van der Waals surface area contributed by atoms with Gasteiger partial charge >= 0.3 is 0 Å². The van der Waals surface area contributed by atoms with Crippen molar-refractivity contribution in [3.05, 3.63) is 11.6 Å². The van der Waals surface area contributed by atoms with Gasteiger partial charge in [0, 0.05) is 12.6 Å². The van der Waals surface area contributed by atoms with E-state index in [0.717, 1.165) is 31.5 Å². The smallest absolute Gasteiger partial charge is 0.107 e. The molecule has 2 saturated heterocycles. The van der Waals surface area contributed by atoms with Crippen molar-refractivity contribution in [1.29, 1.82) is 0 Å². The Labute approximate surface area is 97.8 Å². The van der Waals surface area contributed by atoms with Crippen LogP contribution in [-0.4, -0.2) is 45.9 Å². The lowest BCUT2D eigenvalue weighted by atomic mass is 9.80. The zero-order chi connectivity index (χ0) is 11.9. The van der Waals surface area contributed by atoms with Crippen LogP contribution in [0.15, 0.2) is 11.6 Å². The lowest BCUT2D eigenvalue weighted by Gasteiger charge is -2.46. The second kappa shape index (κ2) is 4.13. The third-order valence-electron chi connectivity index (χ3n) is 3.88. The summed E-state index contributed by atoms with van der Waals surface area (Å²) >= 11 is 0. The molecular weight excluding hydrogens is 202 g/mol. The van der Waals surface area contributed by atoms with Gasteiger partial charge in [-0.15, -0.1) is 0 Å². The van der Waals surface area contributed by atoms with Crippen LogP contribution in [0.3, 0.4) is 0 Å². The molecule has 16 heavy (non-hydrogen) atoms. The van der Waals surface area contributed by atoms with E-state index in [4.69, 9.17) is 0 Å². The fraction of sp³-hybridized carbons (Fsp3) is 0.846. The van der Waals surface area contributed by atoms with Crippen LogP contribution in [-0.2, 0) is 0 Å². The van der Waals surface area contributed by atoms with Gasteiger partial charge < -0.3 is 10.2 Å². The summed E-state index contributed by atoms with van der Waals surface area (Å²) < 4.78 is 0. The van der Waals surface area contributed by atoms with Crippen LogP contribution in [0.4, 0.5) is 0 Å². The third kappa shape index (κ3) is 1.92. The van der Waals surface area contributed by atoms with E-state index >= 15 is 0 Å². The maximum atomic E-state index is 10.5. The number of nitrogens with zero attached hydrogens (tertiary/aromatic N) is 1. The average molecular weight is 225 g/mol. The van der Waals surface area contributed by atoms with Crippen molar-refractivity contribution in [3.8, 4) is 0 Å². The number of aliphatic hydroxyl groups excluding tert-OH is 1. The molecule has 2 fully saturated rings. The summed E-state index contributed by atoms with van der Waals surface area (Å²) in [6.45, 7) is 7.84. The monoisotopic (exact) mass is 225 g/mol. The third-order valence-corrected chi connectivity index (χ3v) is 3.88. The van der Waals surface area contributed by atoms with E-state index in [0.29, 0.717) is 5.92 Å². The van der Waals surface area contributed by atoms with Crippen LogP contribution in [0, 0.1) is 5.92 Å². The number of fused-ring (bicyclic) bond motifs is 1. The second-order valence-corrected chi connectivity index (χ2v) is 5.74. The van der Waals surface area contributed by atoms with Crippen molar-refractivity contribution in [2.24, 2.45) is 5.92 Å². The topological polar surface area (TPSA) is 43.7 Å². The molecule has 0 aliphatic carbocycles. The maximum Gasteiger partial charge on any atom is 0.107 e. The maximum absolute atomic E-state index is 10.5. The fourth-order valence-corrected chi connectivity index (χ4v) is 3.13. The zero-order valence-electron chi connectivity index (χ0n) is 10.5. The number of hydrogen-bond acceptors (Lipinski definition) is 3. The first-order valence-corrected chi connectivity index (χ1v) is 6.28. The number of hydrogen-bond donors (Lipinski definition) is 2. The molecule has 3 heteroatoms. The molecule has 2 N–H and O–H groups in total. The summed E-state index contributed by atoms with van der Waals surface area (Å²) in [5, 5.41) is 20.7. The van der Waals surface area contributed by atoms with Crippen molar-refractivity contribution in [2.45, 2.75) is 51.4 Å². The predicted octanol–water partition coefficient (Wildman–Crippen LogP) is 1.16. The van der Waals surface area contributed by atoms with E-state index in [1.165, 1.54) is 0 Å². The van der Waals surface area contributed by atoms with Crippen LogP contribution in [0.25, 0.3) is 0 Å². The van der Waals surface area contributed by atoms with Gasteiger partial charge in [0.25, 0.3) is 0 Å². The van der Waals surface area contributed by atoms with Gasteiger partial charge in [-0.2, -0.15) is 0 Å². The highest BCUT2D eigenvalue weighted by Gasteiger charge is 2.49. The first-order valence-electron chi connectivity index (χ1n) is 6.28. The first-order chi connectivity index (χ1) is 7.43. The minimum absolute atomic E-state index is 0.131. The Hall–Kier alpha value is -0.380. The molecule has 92 valence electrons. The molecule has 0 bridgehead atoms. The predicted molar refractivity (Wildman–Crippen MR) is 64.1 cm³/mol. The highest BCUT2D eigenvalue weighted by molar-refractivity contribution is 5.23. The summed E-state index contributed by atoms with van der Waals surface area (Å²) in [5.74, 6) is 0.416. The van der Waals surface area contributed by atoms with E-state index in [1.807, 2.05) is 0 Å². The Morgan fingerprint density at radius 1 is 1.50 bits per heavy atom. The molecule has 3 nitrogen and oxygen atoms in total. The SMILES string of the molecule is CC(C)/C=C1\CN2CCC[C@H]2[C@@](C)(O)[C@@H]1O. The lowest BCUT2D eigenvalue weighted by molar-refractivity contribution is -0.110. The molecule has 3 atom stereocenters. The van der Waals surface area contributed by atoms with Crippen molar-refractivity contribution in [2.75, 3.05) is 13.1 Å². The largest absolute Gasteiger partial charge is 0.386 e. The summed E-state index contributed by atoms with van der Waals surface area (Å²) in [4.78, 5) is 2.31. The minimum Gasteiger partial charge on any atom is -0.386 e. The minimum atomic E-state index is -0.991. The molecule has 2 rings (SSSR count). The fourth-order valence-electron chi connectivity index (χ4n) is 3.13. The molecule has 0 amide bonds. The quantitative estimate of drug-likeness (QED) is 0.658. The molecule has 2 aliphatic heterocycles. The normalized spacial score (nSPS) is 43.0. The van der Waals surface area contributed by atoms with Crippen molar-refractivity contribution < 1.29 is 10.2 Å².